The second-order valence-corrected chi connectivity index (χ2v) is 5.30. The van der Waals surface area contributed by atoms with Crippen molar-refractivity contribution in [2.75, 3.05) is 14.2 Å². The van der Waals surface area contributed by atoms with Crippen LogP contribution in [0.5, 0.6) is 11.5 Å². The summed E-state index contributed by atoms with van der Waals surface area (Å²) in [5, 5.41) is 10.9. The Bertz CT molecular complexity index is 606. The Balaban J connectivity index is 1.84. The fourth-order valence-corrected chi connectivity index (χ4v) is 2.36. The van der Waals surface area contributed by atoms with E-state index in [0.717, 1.165) is 5.56 Å². The van der Waals surface area contributed by atoms with Crippen molar-refractivity contribution >= 4 is 5.91 Å². The molecule has 1 heterocycles. The molecule has 0 atom stereocenters. The van der Waals surface area contributed by atoms with E-state index in [2.05, 4.69) is 21.5 Å². The van der Waals surface area contributed by atoms with Crippen molar-refractivity contribution in [1.29, 1.82) is 0 Å². The molecule has 6 nitrogen and oxygen atoms in total. The SMILES string of the molecule is C#CCCC1(CCC(=O)NCc2c(OC)cccc2OC)N=N1. The maximum atomic E-state index is 12.0. The summed E-state index contributed by atoms with van der Waals surface area (Å²) in [6.45, 7) is 0.345. The van der Waals surface area contributed by atoms with Crippen molar-refractivity contribution in [3.63, 3.8) is 0 Å². The quantitative estimate of drug-likeness (QED) is 0.712. The molecule has 0 saturated carbocycles. The highest BCUT2D eigenvalue weighted by molar-refractivity contribution is 5.76. The van der Waals surface area contributed by atoms with Gasteiger partial charge in [0, 0.05) is 25.7 Å². The van der Waals surface area contributed by atoms with Gasteiger partial charge < -0.3 is 14.8 Å². The molecule has 1 aliphatic heterocycles. The molecular formula is C17H21N3O3. The summed E-state index contributed by atoms with van der Waals surface area (Å²) in [7, 11) is 3.18. The predicted octanol–water partition coefficient (Wildman–Crippen LogP) is 2.68. The second-order valence-electron chi connectivity index (χ2n) is 5.30. The number of rotatable bonds is 9. The Morgan fingerprint density at radius 2 is 1.91 bits per heavy atom. The van der Waals surface area contributed by atoms with Gasteiger partial charge >= 0.3 is 0 Å². The third-order valence-electron chi connectivity index (χ3n) is 3.80. The molecule has 1 N–H and O–H groups in total. The van der Waals surface area contributed by atoms with E-state index in [0.29, 0.717) is 43.7 Å². The van der Waals surface area contributed by atoms with Crippen molar-refractivity contribution in [2.45, 2.75) is 37.9 Å². The number of amides is 1. The third-order valence-corrected chi connectivity index (χ3v) is 3.80. The van der Waals surface area contributed by atoms with Crippen LogP contribution < -0.4 is 14.8 Å². The smallest absolute Gasteiger partial charge is 0.220 e. The Hall–Kier alpha value is -2.55. The molecule has 0 bridgehead atoms. The molecule has 1 aromatic rings. The highest BCUT2D eigenvalue weighted by atomic mass is 16.5. The predicted molar refractivity (Wildman–Crippen MR) is 86.3 cm³/mol. The molecule has 2 rings (SSSR count). The van der Waals surface area contributed by atoms with Crippen LogP contribution in [0.3, 0.4) is 0 Å². The lowest BCUT2D eigenvalue weighted by molar-refractivity contribution is -0.121. The highest BCUT2D eigenvalue weighted by Gasteiger charge is 2.39. The van der Waals surface area contributed by atoms with Crippen molar-refractivity contribution in [3.05, 3.63) is 23.8 Å². The maximum Gasteiger partial charge on any atom is 0.220 e. The van der Waals surface area contributed by atoms with Gasteiger partial charge in [0.2, 0.25) is 5.91 Å². The van der Waals surface area contributed by atoms with Crippen LogP contribution in [0.1, 0.15) is 31.2 Å². The number of ether oxygens (including phenoxy) is 2. The van der Waals surface area contributed by atoms with E-state index in [1.54, 1.807) is 14.2 Å². The molecule has 6 heteroatoms. The van der Waals surface area contributed by atoms with Gasteiger partial charge in [0.05, 0.1) is 26.3 Å². The first-order valence-corrected chi connectivity index (χ1v) is 7.48. The standard InChI is InChI=1S/C17H21N3O3/c1-4-5-10-17(19-20-17)11-9-16(21)18-12-13-14(22-2)7-6-8-15(13)23-3/h1,6-8H,5,9-12H2,2-3H3,(H,18,21). The van der Waals surface area contributed by atoms with Crippen LogP contribution in [-0.4, -0.2) is 25.8 Å². The number of carbonyl (C=O) groups excluding carboxylic acids is 1. The lowest BCUT2D eigenvalue weighted by atomic mass is 10.0. The minimum atomic E-state index is -0.425. The van der Waals surface area contributed by atoms with E-state index in [1.807, 2.05) is 18.2 Å². The van der Waals surface area contributed by atoms with Crippen molar-refractivity contribution < 1.29 is 14.3 Å². The Morgan fingerprint density at radius 3 is 2.43 bits per heavy atom. The molecule has 23 heavy (non-hydrogen) atoms. The van der Waals surface area contributed by atoms with Crippen LogP contribution >= 0.6 is 0 Å². The second kappa shape index (κ2) is 7.63. The van der Waals surface area contributed by atoms with Crippen molar-refractivity contribution in [2.24, 2.45) is 10.2 Å². The summed E-state index contributed by atoms with van der Waals surface area (Å²) in [5.74, 6) is 3.88. The van der Waals surface area contributed by atoms with E-state index in [-0.39, 0.29) is 5.91 Å². The van der Waals surface area contributed by atoms with E-state index in [4.69, 9.17) is 15.9 Å². The number of nitrogens with zero attached hydrogens (tertiary/aromatic N) is 2. The Labute approximate surface area is 136 Å². The monoisotopic (exact) mass is 315 g/mol. The molecule has 0 radical (unpaired) electrons. The molecule has 0 fully saturated rings. The topological polar surface area (TPSA) is 72.3 Å². The van der Waals surface area contributed by atoms with Gasteiger partial charge in [0.15, 0.2) is 5.66 Å². The normalized spacial score (nSPS) is 14.0. The summed E-state index contributed by atoms with van der Waals surface area (Å²) < 4.78 is 10.6. The first kappa shape index (κ1) is 16.8. The molecule has 0 aromatic heterocycles. The zero-order chi connectivity index (χ0) is 16.7. The minimum Gasteiger partial charge on any atom is -0.496 e. The summed E-state index contributed by atoms with van der Waals surface area (Å²) in [6, 6.07) is 5.51. The highest BCUT2D eigenvalue weighted by Crippen LogP contribution is 2.37. The average molecular weight is 315 g/mol. The van der Waals surface area contributed by atoms with E-state index in [9.17, 15) is 4.79 Å². The Morgan fingerprint density at radius 1 is 1.26 bits per heavy atom. The number of nitrogens with one attached hydrogen (secondary N) is 1. The van der Waals surface area contributed by atoms with E-state index < -0.39 is 5.66 Å². The van der Waals surface area contributed by atoms with Crippen LogP contribution in [0.25, 0.3) is 0 Å². The first-order chi connectivity index (χ1) is 11.1. The average Bonchev–Trinajstić information content (AvgIpc) is 3.36. The van der Waals surface area contributed by atoms with Gasteiger partial charge in [-0.25, -0.2) is 0 Å². The first-order valence-electron chi connectivity index (χ1n) is 7.48. The fourth-order valence-electron chi connectivity index (χ4n) is 2.36. The van der Waals surface area contributed by atoms with Gasteiger partial charge in [0.25, 0.3) is 0 Å². The summed E-state index contributed by atoms with van der Waals surface area (Å²) in [4.78, 5) is 12.0. The minimum absolute atomic E-state index is 0.0599. The van der Waals surface area contributed by atoms with Crippen molar-refractivity contribution in [3.8, 4) is 23.8 Å². The fraction of sp³-hybridized carbons (Fsp3) is 0.471. The molecule has 0 unspecified atom stereocenters. The third kappa shape index (κ3) is 4.46. The summed E-state index contributed by atoms with van der Waals surface area (Å²) in [6.07, 6.45) is 7.52. The molecule has 1 amide bonds. The van der Waals surface area contributed by atoms with Crippen LogP contribution in [-0.2, 0) is 11.3 Å². The number of benzene rings is 1. The zero-order valence-electron chi connectivity index (χ0n) is 13.5. The van der Waals surface area contributed by atoms with E-state index >= 15 is 0 Å². The molecular weight excluding hydrogens is 294 g/mol. The lowest BCUT2D eigenvalue weighted by Gasteiger charge is -2.14. The van der Waals surface area contributed by atoms with Crippen LogP contribution in [0, 0.1) is 12.3 Å². The summed E-state index contributed by atoms with van der Waals surface area (Å²) >= 11 is 0. The largest absolute Gasteiger partial charge is 0.496 e. The lowest BCUT2D eigenvalue weighted by Crippen LogP contribution is -2.25. The molecule has 1 aromatic carbocycles. The van der Waals surface area contributed by atoms with Crippen LogP contribution in [0.15, 0.2) is 28.4 Å². The number of terminal acetylenes is 1. The van der Waals surface area contributed by atoms with Gasteiger partial charge in [0.1, 0.15) is 11.5 Å². The van der Waals surface area contributed by atoms with Gasteiger partial charge in [-0.3, -0.25) is 4.79 Å². The number of hydrogen-bond acceptors (Lipinski definition) is 5. The van der Waals surface area contributed by atoms with E-state index in [1.165, 1.54) is 0 Å². The molecule has 122 valence electrons. The van der Waals surface area contributed by atoms with Gasteiger partial charge in [-0.05, 0) is 12.1 Å². The van der Waals surface area contributed by atoms with Crippen molar-refractivity contribution in [1.82, 2.24) is 5.32 Å². The number of methoxy groups -OCH3 is 2. The molecule has 0 saturated heterocycles. The molecule has 0 aliphatic carbocycles. The Kier molecular flexibility index (Phi) is 5.58. The van der Waals surface area contributed by atoms with Gasteiger partial charge in [-0.2, -0.15) is 10.2 Å². The maximum absolute atomic E-state index is 12.0. The molecule has 1 aliphatic rings. The number of hydrogen-bond donors (Lipinski definition) is 1. The summed E-state index contributed by atoms with van der Waals surface area (Å²) in [5.41, 5.74) is 0.389. The number of carbonyl (C=O) groups is 1. The van der Waals surface area contributed by atoms with Crippen LogP contribution in [0.4, 0.5) is 0 Å². The zero-order valence-corrected chi connectivity index (χ0v) is 13.5. The van der Waals surface area contributed by atoms with Gasteiger partial charge in [-0.1, -0.05) is 6.07 Å². The van der Waals surface area contributed by atoms with Gasteiger partial charge in [-0.15, -0.1) is 12.3 Å². The molecule has 0 spiro atoms. The van der Waals surface area contributed by atoms with Crippen LogP contribution in [0.2, 0.25) is 0 Å².